The van der Waals surface area contributed by atoms with Gasteiger partial charge in [-0.25, -0.2) is 0 Å². The van der Waals surface area contributed by atoms with Crippen molar-refractivity contribution < 1.29 is 0 Å². The van der Waals surface area contributed by atoms with Crippen LogP contribution in [0.15, 0.2) is 109 Å². The Labute approximate surface area is 321 Å². The predicted octanol–water partition coefficient (Wildman–Crippen LogP) is 13.8. The maximum absolute atomic E-state index is 2.43. The van der Waals surface area contributed by atoms with E-state index in [-0.39, 0.29) is 11.8 Å². The van der Waals surface area contributed by atoms with Crippen molar-refractivity contribution >= 4 is 0 Å². The fourth-order valence-corrected chi connectivity index (χ4v) is 11.5. The quantitative estimate of drug-likeness (QED) is 0.173. The van der Waals surface area contributed by atoms with Gasteiger partial charge < -0.3 is 0 Å². The van der Waals surface area contributed by atoms with Gasteiger partial charge in [0, 0.05) is 11.8 Å². The minimum absolute atomic E-state index is 0.119. The van der Waals surface area contributed by atoms with Gasteiger partial charge in [0.2, 0.25) is 0 Å². The second-order valence-corrected chi connectivity index (χ2v) is 16.7. The van der Waals surface area contributed by atoms with Crippen molar-refractivity contribution in [3.8, 4) is 33.4 Å². The van der Waals surface area contributed by atoms with E-state index in [1.165, 1.54) is 139 Å². The van der Waals surface area contributed by atoms with Crippen LogP contribution in [0.5, 0.6) is 0 Å². The highest BCUT2D eigenvalue weighted by molar-refractivity contribution is 6.07. The van der Waals surface area contributed by atoms with E-state index in [1.54, 1.807) is 0 Å². The zero-order chi connectivity index (χ0) is 37.3. The molecule has 0 fully saturated rings. The van der Waals surface area contributed by atoms with Gasteiger partial charge in [-0.2, -0.15) is 0 Å². The molecule has 1 radical (unpaired) electrons. The van der Waals surface area contributed by atoms with Gasteiger partial charge in [-0.3, -0.25) is 0 Å². The summed E-state index contributed by atoms with van der Waals surface area (Å²) in [6.07, 6.45) is 0. The molecule has 7 aromatic carbocycles. The van der Waals surface area contributed by atoms with Gasteiger partial charge in [0.1, 0.15) is 0 Å². The van der Waals surface area contributed by atoms with Gasteiger partial charge in [-0.05, 0) is 179 Å². The van der Waals surface area contributed by atoms with Crippen molar-refractivity contribution in [1.29, 1.82) is 0 Å². The van der Waals surface area contributed by atoms with Crippen molar-refractivity contribution in [3.05, 3.63) is 215 Å². The number of hydrogen-bond acceptors (Lipinski definition) is 0. The summed E-state index contributed by atoms with van der Waals surface area (Å²) in [6.45, 7) is 20.7. The van der Waals surface area contributed by atoms with Crippen LogP contribution in [-0.4, -0.2) is 0 Å². The average Bonchev–Trinajstić information content (AvgIpc) is 3.74. The molecule has 0 aliphatic heterocycles. The zero-order valence-corrected chi connectivity index (χ0v) is 33.0. The molecule has 263 valence electrons. The van der Waals surface area contributed by atoms with Crippen LogP contribution in [0.3, 0.4) is 0 Å². The molecule has 54 heavy (non-hydrogen) atoms. The van der Waals surface area contributed by atoms with Gasteiger partial charge in [-0.15, -0.1) is 0 Å². The van der Waals surface area contributed by atoms with E-state index in [0.29, 0.717) is 0 Å². The van der Waals surface area contributed by atoms with E-state index in [4.69, 9.17) is 0 Å². The summed E-state index contributed by atoms with van der Waals surface area (Å²) in [7, 11) is 0. The largest absolute Gasteiger partial charge is 0.0653 e. The van der Waals surface area contributed by atoms with E-state index < -0.39 is 0 Å². The molecule has 0 aromatic heterocycles. The van der Waals surface area contributed by atoms with Crippen LogP contribution in [0.2, 0.25) is 0 Å². The molecular weight excluding hydrogens is 649 g/mol. The van der Waals surface area contributed by atoms with Crippen LogP contribution in [0.25, 0.3) is 33.4 Å². The molecule has 0 spiro atoms. The lowest BCUT2D eigenvalue weighted by atomic mass is 9.74. The second kappa shape index (κ2) is 11.8. The Bertz CT molecular complexity index is 2380. The van der Waals surface area contributed by atoms with Gasteiger partial charge in [0.25, 0.3) is 0 Å². The van der Waals surface area contributed by atoms with Crippen LogP contribution in [-0.2, 0) is 0 Å². The lowest BCUT2D eigenvalue weighted by molar-refractivity contribution is 0.959. The minimum Gasteiger partial charge on any atom is -0.0619 e. The SMILES string of the molecule is Cc1cc(C)c([C]2c3ccccc3-c3c2c2c(c4c3C(c3c(C)cc(C)cc3C)c3ccccc3-4)C(c3c(C)cc(C)cc3C)c3ccccc3-2)c(C)c1. The highest BCUT2D eigenvalue weighted by atomic mass is 14.5. The van der Waals surface area contributed by atoms with E-state index in [9.17, 15) is 0 Å². The van der Waals surface area contributed by atoms with Crippen molar-refractivity contribution in [2.45, 2.75) is 74.1 Å². The Morgan fingerprint density at radius 1 is 0.296 bits per heavy atom. The Morgan fingerprint density at radius 3 is 1.11 bits per heavy atom. The summed E-state index contributed by atoms with van der Waals surface area (Å²) in [5.41, 5.74) is 33.5. The molecule has 3 aliphatic rings. The van der Waals surface area contributed by atoms with Gasteiger partial charge in [0.05, 0.1) is 5.92 Å². The highest BCUT2D eigenvalue weighted by Gasteiger charge is 2.48. The molecule has 0 nitrogen and oxygen atoms in total. The fourth-order valence-electron chi connectivity index (χ4n) is 11.5. The Balaban J connectivity index is 1.46. The summed E-state index contributed by atoms with van der Waals surface area (Å²) in [6, 6.07) is 42.5. The second-order valence-electron chi connectivity index (χ2n) is 16.7. The summed E-state index contributed by atoms with van der Waals surface area (Å²) < 4.78 is 0. The standard InChI is InChI=1S/C54H47/c1-28-22-31(4)43(32(5)23-28)46-37-16-10-13-19-40(37)49-52(46)50-41-20-14-11-17-38(41)47(44-33(6)24-29(2)25-34(44)7)54(50)51-42-21-15-12-18-39(42)48(53(49)51)45-35(8)26-30(3)27-36(45)9/h10-27,46-47H,1-9H3. The first-order valence-corrected chi connectivity index (χ1v) is 19.7. The number of benzene rings is 7. The van der Waals surface area contributed by atoms with Crippen molar-refractivity contribution in [1.82, 2.24) is 0 Å². The summed E-state index contributed by atoms with van der Waals surface area (Å²) in [5, 5.41) is 0. The van der Waals surface area contributed by atoms with E-state index in [2.05, 4.69) is 172 Å². The van der Waals surface area contributed by atoms with Crippen LogP contribution in [0.1, 0.15) is 112 Å². The molecule has 0 heterocycles. The molecule has 2 atom stereocenters. The molecule has 7 aromatic rings. The van der Waals surface area contributed by atoms with E-state index in [1.807, 2.05) is 0 Å². The molecule has 10 rings (SSSR count). The number of hydrogen-bond donors (Lipinski definition) is 0. The first-order chi connectivity index (χ1) is 26.0. The molecule has 2 unspecified atom stereocenters. The van der Waals surface area contributed by atoms with Crippen molar-refractivity contribution in [3.63, 3.8) is 0 Å². The monoisotopic (exact) mass is 695 g/mol. The Morgan fingerprint density at radius 2 is 0.648 bits per heavy atom. The normalized spacial score (nSPS) is 16.2. The maximum atomic E-state index is 2.43. The molecule has 3 aliphatic carbocycles. The lowest BCUT2D eigenvalue weighted by Crippen LogP contribution is -2.11. The van der Waals surface area contributed by atoms with Crippen LogP contribution in [0.4, 0.5) is 0 Å². The predicted molar refractivity (Wildman–Crippen MR) is 227 cm³/mol. The zero-order valence-electron chi connectivity index (χ0n) is 33.0. The van der Waals surface area contributed by atoms with E-state index >= 15 is 0 Å². The molecule has 0 amide bonds. The Kier molecular flexibility index (Phi) is 7.22. The summed E-state index contributed by atoms with van der Waals surface area (Å²) in [5.74, 6) is 1.63. The highest BCUT2D eigenvalue weighted by Crippen LogP contribution is 2.67. The van der Waals surface area contributed by atoms with Gasteiger partial charge >= 0.3 is 0 Å². The molecule has 0 saturated heterocycles. The fraction of sp³-hybridized carbons (Fsp3) is 0.204. The van der Waals surface area contributed by atoms with Crippen LogP contribution < -0.4 is 0 Å². The first kappa shape index (κ1) is 33.1. The number of fused-ring (bicyclic) bond motifs is 12. The molecule has 0 saturated carbocycles. The third-order valence-corrected chi connectivity index (χ3v) is 12.9. The van der Waals surface area contributed by atoms with Crippen LogP contribution in [0, 0.1) is 68.2 Å². The van der Waals surface area contributed by atoms with Gasteiger partial charge in [0.15, 0.2) is 0 Å². The van der Waals surface area contributed by atoms with E-state index in [0.717, 1.165) is 0 Å². The number of rotatable bonds is 3. The molecular formula is C54H47. The maximum Gasteiger partial charge on any atom is 0.0653 e. The van der Waals surface area contributed by atoms with Gasteiger partial charge in [-0.1, -0.05) is 126 Å². The topological polar surface area (TPSA) is 0 Å². The Hall–Kier alpha value is -5.46. The first-order valence-electron chi connectivity index (χ1n) is 19.7. The van der Waals surface area contributed by atoms with Crippen molar-refractivity contribution in [2.24, 2.45) is 0 Å². The molecule has 0 bridgehead atoms. The lowest BCUT2D eigenvalue weighted by Gasteiger charge is -2.28. The molecule has 0 N–H and O–H groups in total. The third-order valence-electron chi connectivity index (χ3n) is 12.9. The third kappa shape index (κ3) is 4.43. The average molecular weight is 696 g/mol. The van der Waals surface area contributed by atoms with Crippen molar-refractivity contribution in [2.75, 3.05) is 0 Å². The smallest absolute Gasteiger partial charge is 0.0619 e. The molecule has 0 heteroatoms. The number of aryl methyl sites for hydroxylation is 9. The summed E-state index contributed by atoms with van der Waals surface area (Å²) in [4.78, 5) is 0. The summed E-state index contributed by atoms with van der Waals surface area (Å²) >= 11 is 0. The minimum atomic E-state index is 0.119. The van der Waals surface area contributed by atoms with Crippen LogP contribution >= 0.6 is 0 Å².